The van der Waals surface area contributed by atoms with Gasteiger partial charge in [-0.05, 0) is 30.0 Å². The Bertz CT molecular complexity index is 581. The van der Waals surface area contributed by atoms with E-state index in [1.807, 2.05) is 22.9 Å². The second kappa shape index (κ2) is 4.45. The lowest BCUT2D eigenvalue weighted by Gasteiger charge is -2.07. The van der Waals surface area contributed by atoms with Gasteiger partial charge < -0.3 is 9.67 Å². The summed E-state index contributed by atoms with van der Waals surface area (Å²) >= 11 is 0. The zero-order valence-electron chi connectivity index (χ0n) is 9.81. The van der Waals surface area contributed by atoms with Crippen molar-refractivity contribution in [1.82, 2.24) is 4.57 Å². The summed E-state index contributed by atoms with van der Waals surface area (Å²) in [6.45, 7) is 6.78. The highest BCUT2D eigenvalue weighted by Gasteiger charge is 2.07. The van der Waals surface area contributed by atoms with Crippen LogP contribution < -0.4 is 0 Å². The molecule has 0 saturated carbocycles. The van der Waals surface area contributed by atoms with Gasteiger partial charge in [-0.2, -0.15) is 0 Å². The van der Waals surface area contributed by atoms with E-state index >= 15 is 0 Å². The number of carboxylic acid groups (broad SMARTS) is 1. The van der Waals surface area contributed by atoms with Gasteiger partial charge in [0, 0.05) is 18.3 Å². The van der Waals surface area contributed by atoms with Crippen molar-refractivity contribution in [1.29, 1.82) is 0 Å². The normalized spacial score (nSPS) is 10.6. The Kier molecular flexibility index (Phi) is 3.00. The number of carbonyl (C=O) groups is 1. The van der Waals surface area contributed by atoms with Gasteiger partial charge in [0.05, 0.1) is 5.56 Å². The quantitative estimate of drug-likeness (QED) is 0.817. The van der Waals surface area contributed by atoms with Crippen LogP contribution in [0.15, 0.2) is 42.6 Å². The predicted molar refractivity (Wildman–Crippen MR) is 68.3 cm³/mol. The molecule has 3 heteroatoms. The van der Waals surface area contributed by atoms with Crippen LogP contribution in [-0.4, -0.2) is 15.6 Å². The first-order valence-corrected chi connectivity index (χ1v) is 5.60. The zero-order chi connectivity index (χ0) is 12.4. The van der Waals surface area contributed by atoms with E-state index in [1.54, 1.807) is 12.1 Å². The molecular weight excluding hydrogens is 214 g/mol. The van der Waals surface area contributed by atoms with E-state index in [1.165, 1.54) is 0 Å². The van der Waals surface area contributed by atoms with Crippen LogP contribution in [0.4, 0.5) is 0 Å². The van der Waals surface area contributed by atoms with E-state index in [0.29, 0.717) is 5.56 Å². The third-order valence-electron chi connectivity index (χ3n) is 2.91. The van der Waals surface area contributed by atoms with E-state index in [-0.39, 0.29) is 0 Å². The summed E-state index contributed by atoms with van der Waals surface area (Å²) in [5.41, 5.74) is 2.39. The van der Waals surface area contributed by atoms with E-state index in [9.17, 15) is 4.79 Å². The molecule has 1 heterocycles. The maximum absolute atomic E-state index is 10.9. The minimum absolute atomic E-state index is 0.319. The van der Waals surface area contributed by atoms with Crippen LogP contribution in [0.2, 0.25) is 0 Å². The number of rotatable bonds is 4. The van der Waals surface area contributed by atoms with Crippen LogP contribution in [-0.2, 0) is 6.54 Å². The average molecular weight is 229 g/mol. The van der Waals surface area contributed by atoms with Crippen molar-refractivity contribution >= 4 is 16.9 Å². The second-order valence-corrected chi connectivity index (χ2v) is 4.13. The summed E-state index contributed by atoms with van der Waals surface area (Å²) in [4.78, 5) is 10.9. The summed E-state index contributed by atoms with van der Waals surface area (Å²) in [5.74, 6) is -0.894. The molecule has 0 aliphatic rings. The third-order valence-corrected chi connectivity index (χ3v) is 2.91. The molecule has 3 nitrogen and oxygen atoms in total. The van der Waals surface area contributed by atoms with Gasteiger partial charge in [-0.1, -0.05) is 25.1 Å². The molecule has 2 aromatic rings. The van der Waals surface area contributed by atoms with Gasteiger partial charge in [0.2, 0.25) is 0 Å². The van der Waals surface area contributed by atoms with Crippen LogP contribution in [0, 0.1) is 0 Å². The molecule has 1 aromatic carbocycles. The number of benzene rings is 1. The van der Waals surface area contributed by atoms with E-state index in [4.69, 9.17) is 5.11 Å². The van der Waals surface area contributed by atoms with Crippen molar-refractivity contribution in [2.24, 2.45) is 0 Å². The Hall–Kier alpha value is -2.03. The van der Waals surface area contributed by atoms with Gasteiger partial charge >= 0.3 is 5.97 Å². The first-order chi connectivity index (χ1) is 8.11. The molecule has 1 N–H and O–H groups in total. The molecule has 0 amide bonds. The number of aromatic carboxylic acids is 1. The smallest absolute Gasteiger partial charge is 0.335 e. The zero-order valence-corrected chi connectivity index (χ0v) is 9.81. The number of nitrogens with zero attached hydrogens (tertiary/aromatic N) is 1. The van der Waals surface area contributed by atoms with E-state index in [0.717, 1.165) is 29.4 Å². The molecule has 0 bridgehead atoms. The van der Waals surface area contributed by atoms with E-state index in [2.05, 4.69) is 13.5 Å². The van der Waals surface area contributed by atoms with Crippen LogP contribution in [0.25, 0.3) is 10.9 Å². The highest BCUT2D eigenvalue weighted by Crippen LogP contribution is 2.19. The van der Waals surface area contributed by atoms with Crippen molar-refractivity contribution in [2.45, 2.75) is 19.9 Å². The Labute approximate surface area is 100.0 Å². The van der Waals surface area contributed by atoms with Crippen molar-refractivity contribution < 1.29 is 9.90 Å². The van der Waals surface area contributed by atoms with Crippen LogP contribution >= 0.6 is 0 Å². The minimum atomic E-state index is -0.894. The molecule has 0 aliphatic carbocycles. The SMILES string of the molecule is C=C(CC)Cn1ccc2ccc(C(=O)O)cc21. The molecule has 1 aromatic heterocycles. The molecule has 2 rings (SSSR count). The fourth-order valence-electron chi connectivity index (χ4n) is 1.81. The van der Waals surface area contributed by atoms with Crippen molar-refractivity contribution in [3.63, 3.8) is 0 Å². The Morgan fingerprint density at radius 3 is 2.82 bits per heavy atom. The second-order valence-electron chi connectivity index (χ2n) is 4.13. The van der Waals surface area contributed by atoms with Crippen LogP contribution in [0.3, 0.4) is 0 Å². The maximum Gasteiger partial charge on any atom is 0.335 e. The van der Waals surface area contributed by atoms with Crippen molar-refractivity contribution in [2.75, 3.05) is 0 Å². The first kappa shape index (κ1) is 11.5. The molecule has 0 aliphatic heterocycles. The largest absolute Gasteiger partial charge is 0.478 e. The summed E-state index contributed by atoms with van der Waals surface area (Å²) in [5, 5.41) is 10.0. The molecule has 0 saturated heterocycles. The number of aromatic nitrogens is 1. The molecular formula is C14H15NO2. The van der Waals surface area contributed by atoms with Gasteiger partial charge in [-0.25, -0.2) is 4.79 Å². The highest BCUT2D eigenvalue weighted by molar-refractivity contribution is 5.93. The van der Waals surface area contributed by atoms with Gasteiger partial charge in [0.25, 0.3) is 0 Å². The molecule has 0 radical (unpaired) electrons. The Morgan fingerprint density at radius 2 is 2.18 bits per heavy atom. The van der Waals surface area contributed by atoms with Crippen LogP contribution in [0.1, 0.15) is 23.7 Å². The molecule has 88 valence electrons. The van der Waals surface area contributed by atoms with Crippen molar-refractivity contribution in [3.8, 4) is 0 Å². The number of hydrogen-bond acceptors (Lipinski definition) is 1. The lowest BCUT2D eigenvalue weighted by molar-refractivity contribution is 0.0697. The standard InChI is InChI=1S/C14H15NO2/c1-3-10(2)9-15-7-6-11-4-5-12(14(16)17)8-13(11)15/h4-8H,2-3,9H2,1H3,(H,16,17). The number of allylic oxidation sites excluding steroid dienone is 1. The summed E-state index contributed by atoms with van der Waals surface area (Å²) in [6, 6.07) is 7.16. The lowest BCUT2D eigenvalue weighted by Crippen LogP contribution is -2.00. The molecule has 0 fully saturated rings. The minimum Gasteiger partial charge on any atom is -0.478 e. The van der Waals surface area contributed by atoms with E-state index < -0.39 is 5.97 Å². The number of fused-ring (bicyclic) bond motifs is 1. The molecule has 0 spiro atoms. The monoisotopic (exact) mass is 229 g/mol. The third kappa shape index (κ3) is 2.23. The average Bonchev–Trinajstić information content (AvgIpc) is 2.71. The van der Waals surface area contributed by atoms with Gasteiger partial charge in [0.1, 0.15) is 0 Å². The molecule has 0 unspecified atom stereocenters. The summed E-state index contributed by atoms with van der Waals surface area (Å²) < 4.78 is 2.04. The van der Waals surface area contributed by atoms with Gasteiger partial charge in [-0.15, -0.1) is 0 Å². The maximum atomic E-state index is 10.9. The summed E-state index contributed by atoms with van der Waals surface area (Å²) in [7, 11) is 0. The number of carboxylic acids is 1. The fraction of sp³-hybridized carbons (Fsp3) is 0.214. The topological polar surface area (TPSA) is 42.2 Å². The first-order valence-electron chi connectivity index (χ1n) is 5.60. The predicted octanol–water partition coefficient (Wildman–Crippen LogP) is 3.31. The Morgan fingerprint density at radius 1 is 1.41 bits per heavy atom. The highest BCUT2D eigenvalue weighted by atomic mass is 16.4. The van der Waals surface area contributed by atoms with Crippen LogP contribution in [0.5, 0.6) is 0 Å². The fourth-order valence-corrected chi connectivity index (χ4v) is 1.81. The van der Waals surface area contributed by atoms with Gasteiger partial charge in [-0.3, -0.25) is 0 Å². The Balaban J connectivity index is 2.46. The molecule has 17 heavy (non-hydrogen) atoms. The number of hydrogen-bond donors (Lipinski definition) is 1. The van der Waals surface area contributed by atoms with Gasteiger partial charge in [0.15, 0.2) is 0 Å². The molecule has 0 atom stereocenters. The lowest BCUT2D eigenvalue weighted by atomic mass is 10.1. The summed E-state index contributed by atoms with van der Waals surface area (Å²) in [6.07, 6.45) is 2.90. The van der Waals surface area contributed by atoms with Crippen molar-refractivity contribution in [3.05, 3.63) is 48.2 Å².